The molecule has 0 aliphatic carbocycles. The molecule has 1 aromatic heterocycles. The molecule has 0 aliphatic heterocycles. The van der Waals surface area contributed by atoms with E-state index in [4.69, 9.17) is 0 Å². The normalized spacial score (nSPS) is 11.1. The van der Waals surface area contributed by atoms with Crippen molar-refractivity contribution in [3.8, 4) is 0 Å². The van der Waals surface area contributed by atoms with Gasteiger partial charge in [-0.25, -0.2) is 0 Å². The fourth-order valence-corrected chi connectivity index (χ4v) is 3.67. The van der Waals surface area contributed by atoms with Crippen molar-refractivity contribution in [2.45, 2.75) is 25.2 Å². The van der Waals surface area contributed by atoms with Crippen LogP contribution in [0.1, 0.15) is 35.6 Å². The summed E-state index contributed by atoms with van der Waals surface area (Å²) in [5.74, 6) is 0.411. The maximum Gasteiger partial charge on any atom is 0.134 e. The molecular weight excluding hydrogens is 330 g/mol. The van der Waals surface area contributed by atoms with Crippen molar-refractivity contribution in [3.05, 3.63) is 108 Å². The van der Waals surface area contributed by atoms with Gasteiger partial charge in [-0.15, -0.1) is 0 Å². The Morgan fingerprint density at radius 1 is 0.778 bits per heavy atom. The summed E-state index contributed by atoms with van der Waals surface area (Å²) in [6.45, 7) is 0. The van der Waals surface area contributed by atoms with E-state index in [1.807, 2.05) is 48.5 Å². The molecule has 134 valence electrons. The Hall–Kier alpha value is -3.13. The first-order valence-electron chi connectivity index (χ1n) is 9.48. The third-order valence-corrected chi connectivity index (χ3v) is 5.09. The highest BCUT2D eigenvalue weighted by atomic mass is 16.1. The largest absolute Gasteiger partial charge is 0.358 e. The predicted octanol–water partition coefficient (Wildman–Crippen LogP) is 5.89. The third kappa shape index (κ3) is 4.17. The highest BCUT2D eigenvalue weighted by molar-refractivity contribution is 5.82. The molecule has 0 aliphatic rings. The number of Topliss-reactive ketones (excluding diaryl/α,β-unsaturated/α-hetero) is 1. The van der Waals surface area contributed by atoms with Crippen LogP contribution in [0.15, 0.2) is 91.0 Å². The zero-order chi connectivity index (χ0) is 18.5. The summed E-state index contributed by atoms with van der Waals surface area (Å²) < 4.78 is 0. The number of nitrogens with one attached hydrogen (secondary N) is 1. The van der Waals surface area contributed by atoms with Gasteiger partial charge in [-0.3, -0.25) is 4.79 Å². The fraction of sp³-hybridized carbons (Fsp3) is 0.160. The van der Waals surface area contributed by atoms with Crippen molar-refractivity contribution in [1.82, 2.24) is 4.98 Å². The van der Waals surface area contributed by atoms with E-state index in [-0.39, 0.29) is 5.92 Å². The van der Waals surface area contributed by atoms with Crippen molar-refractivity contribution in [3.63, 3.8) is 0 Å². The predicted molar refractivity (Wildman–Crippen MR) is 111 cm³/mol. The molecule has 27 heavy (non-hydrogen) atoms. The molecule has 0 saturated heterocycles. The second-order valence-corrected chi connectivity index (χ2v) is 7.00. The van der Waals surface area contributed by atoms with E-state index in [1.54, 1.807) is 0 Å². The molecule has 1 N–H and O–H groups in total. The molecular formula is C25H23NO. The second-order valence-electron chi connectivity index (χ2n) is 7.00. The number of aryl methyl sites for hydroxylation is 1. The summed E-state index contributed by atoms with van der Waals surface area (Å²) in [5, 5.41) is 1.20. The van der Waals surface area contributed by atoms with Crippen LogP contribution in [0.25, 0.3) is 10.9 Å². The molecule has 2 heteroatoms. The zero-order valence-electron chi connectivity index (χ0n) is 15.3. The molecule has 2 nitrogen and oxygen atoms in total. The average molecular weight is 353 g/mol. The third-order valence-electron chi connectivity index (χ3n) is 5.09. The highest BCUT2D eigenvalue weighted by Crippen LogP contribution is 2.28. The Balaban J connectivity index is 1.47. The minimum absolute atomic E-state index is 0.114. The van der Waals surface area contributed by atoms with Gasteiger partial charge in [0.1, 0.15) is 5.78 Å². The smallest absolute Gasteiger partial charge is 0.134 e. The number of H-pyrrole nitrogens is 1. The Morgan fingerprint density at radius 2 is 1.37 bits per heavy atom. The number of aromatic nitrogens is 1. The highest BCUT2D eigenvalue weighted by Gasteiger charge is 2.18. The number of carbonyl (C=O) groups excluding carboxylic acids is 1. The lowest BCUT2D eigenvalue weighted by Crippen LogP contribution is -2.09. The number of benzene rings is 3. The molecule has 0 amide bonds. The van der Waals surface area contributed by atoms with Gasteiger partial charge in [-0.1, -0.05) is 78.9 Å². The first-order chi connectivity index (χ1) is 13.3. The number of aromatic amines is 1. The number of rotatable bonds is 7. The maximum atomic E-state index is 12.8. The van der Waals surface area contributed by atoms with Crippen molar-refractivity contribution in [2.24, 2.45) is 0 Å². The van der Waals surface area contributed by atoms with Crippen LogP contribution in [0, 0.1) is 0 Å². The van der Waals surface area contributed by atoms with Gasteiger partial charge in [0.15, 0.2) is 0 Å². The average Bonchev–Trinajstić information content (AvgIpc) is 3.15. The molecule has 0 bridgehead atoms. The molecule has 4 aromatic rings. The summed E-state index contributed by atoms with van der Waals surface area (Å²) in [7, 11) is 0. The van der Waals surface area contributed by atoms with Crippen LogP contribution in [0.3, 0.4) is 0 Å². The van der Waals surface area contributed by atoms with Crippen molar-refractivity contribution in [2.75, 3.05) is 0 Å². The summed E-state index contributed by atoms with van der Waals surface area (Å²) in [4.78, 5) is 16.2. The molecule has 0 unspecified atom stereocenters. The lowest BCUT2D eigenvalue weighted by molar-refractivity contribution is -0.119. The van der Waals surface area contributed by atoms with Gasteiger partial charge in [0.05, 0.1) is 0 Å². The molecule has 3 aromatic carbocycles. The molecule has 1 heterocycles. The van der Waals surface area contributed by atoms with E-state index in [2.05, 4.69) is 47.4 Å². The Labute approximate surface area is 159 Å². The Morgan fingerprint density at radius 3 is 2.00 bits per heavy atom. The van der Waals surface area contributed by atoms with Crippen LogP contribution in [-0.2, 0) is 11.2 Å². The number of fused-ring (bicyclic) bond motifs is 1. The van der Waals surface area contributed by atoms with E-state index >= 15 is 0 Å². The van der Waals surface area contributed by atoms with Crippen LogP contribution in [0.5, 0.6) is 0 Å². The van der Waals surface area contributed by atoms with E-state index in [1.165, 1.54) is 16.5 Å². The topological polar surface area (TPSA) is 32.9 Å². The summed E-state index contributed by atoms with van der Waals surface area (Å²) in [6.07, 6.45) is 1.85. The fourth-order valence-electron chi connectivity index (χ4n) is 3.67. The van der Waals surface area contributed by atoms with Gasteiger partial charge in [0, 0.05) is 30.0 Å². The maximum absolute atomic E-state index is 12.8. The van der Waals surface area contributed by atoms with Crippen molar-refractivity contribution >= 4 is 16.7 Å². The van der Waals surface area contributed by atoms with Gasteiger partial charge in [0.25, 0.3) is 0 Å². The van der Waals surface area contributed by atoms with Crippen LogP contribution in [0.4, 0.5) is 0 Å². The van der Waals surface area contributed by atoms with Crippen LogP contribution in [-0.4, -0.2) is 10.8 Å². The number of para-hydroxylation sites is 1. The standard InChI is InChI=1S/C25H23NO/c27-23(16-15-22-17-21-13-7-8-14-25(21)26-22)18-24(19-9-3-1-4-10-19)20-11-5-2-6-12-20/h1-14,17,24,26H,15-16,18H2. The van der Waals surface area contributed by atoms with Gasteiger partial charge >= 0.3 is 0 Å². The Kier molecular flexibility index (Phi) is 5.15. The molecule has 4 rings (SSSR count). The van der Waals surface area contributed by atoms with E-state index < -0.39 is 0 Å². The van der Waals surface area contributed by atoms with E-state index in [9.17, 15) is 4.79 Å². The first-order valence-corrected chi connectivity index (χ1v) is 9.48. The van der Waals surface area contributed by atoms with Crippen LogP contribution in [0.2, 0.25) is 0 Å². The van der Waals surface area contributed by atoms with E-state index in [0.717, 1.165) is 17.6 Å². The first kappa shape index (κ1) is 17.3. The summed E-state index contributed by atoms with van der Waals surface area (Å²) in [6, 6.07) is 31.0. The zero-order valence-corrected chi connectivity index (χ0v) is 15.3. The number of carbonyl (C=O) groups is 1. The number of ketones is 1. The monoisotopic (exact) mass is 353 g/mol. The van der Waals surface area contributed by atoms with Gasteiger partial charge in [0.2, 0.25) is 0 Å². The molecule has 0 saturated carbocycles. The van der Waals surface area contributed by atoms with Crippen LogP contribution < -0.4 is 0 Å². The molecule has 0 fully saturated rings. The Bertz CT molecular complexity index is 945. The number of hydrogen-bond acceptors (Lipinski definition) is 1. The summed E-state index contributed by atoms with van der Waals surface area (Å²) in [5.41, 5.74) is 4.65. The van der Waals surface area contributed by atoms with Crippen molar-refractivity contribution < 1.29 is 4.79 Å². The summed E-state index contributed by atoms with van der Waals surface area (Å²) >= 11 is 0. The van der Waals surface area contributed by atoms with Gasteiger partial charge < -0.3 is 4.98 Å². The SMILES string of the molecule is O=C(CCc1cc2ccccc2[nH]1)CC(c1ccccc1)c1ccccc1. The second kappa shape index (κ2) is 8.05. The van der Waals surface area contributed by atoms with Crippen molar-refractivity contribution in [1.29, 1.82) is 0 Å². The van der Waals surface area contributed by atoms with Gasteiger partial charge in [-0.2, -0.15) is 0 Å². The lowest BCUT2D eigenvalue weighted by Gasteiger charge is -2.17. The molecule has 0 atom stereocenters. The minimum atomic E-state index is 0.114. The molecule has 0 spiro atoms. The number of hydrogen-bond donors (Lipinski definition) is 1. The van der Waals surface area contributed by atoms with Gasteiger partial charge in [-0.05, 0) is 35.1 Å². The molecule has 0 radical (unpaired) electrons. The lowest BCUT2D eigenvalue weighted by atomic mass is 9.86. The van der Waals surface area contributed by atoms with E-state index in [0.29, 0.717) is 18.6 Å². The quantitative estimate of drug-likeness (QED) is 0.441. The van der Waals surface area contributed by atoms with Crippen LogP contribution >= 0.6 is 0 Å². The minimum Gasteiger partial charge on any atom is -0.358 e.